The summed E-state index contributed by atoms with van der Waals surface area (Å²) in [6.07, 6.45) is 2.19. The van der Waals surface area contributed by atoms with E-state index in [0.717, 1.165) is 5.69 Å². The highest BCUT2D eigenvalue weighted by atomic mass is 16.4. The molecule has 6 nitrogen and oxygen atoms in total. The third-order valence-corrected chi connectivity index (χ3v) is 2.66. The van der Waals surface area contributed by atoms with Crippen LogP contribution in [0.2, 0.25) is 0 Å². The highest BCUT2D eigenvalue weighted by molar-refractivity contribution is 5.88. The van der Waals surface area contributed by atoms with Crippen LogP contribution < -0.4 is 0 Å². The number of carboxylic acids is 1. The van der Waals surface area contributed by atoms with Crippen molar-refractivity contribution >= 4 is 11.6 Å². The summed E-state index contributed by atoms with van der Waals surface area (Å²) in [5, 5.41) is 17.1. The average molecular weight is 234 g/mol. The van der Waals surface area contributed by atoms with Crippen molar-refractivity contribution < 1.29 is 9.90 Å². The van der Waals surface area contributed by atoms with Crippen LogP contribution >= 0.6 is 0 Å². The predicted octanol–water partition coefficient (Wildman–Crippen LogP) is 1.51. The van der Waals surface area contributed by atoms with Gasteiger partial charge in [-0.05, 0) is 6.42 Å². The van der Waals surface area contributed by atoms with Crippen molar-refractivity contribution in [2.24, 2.45) is 0 Å². The van der Waals surface area contributed by atoms with Crippen LogP contribution in [0.4, 0.5) is 0 Å². The number of hydrogen-bond acceptors (Lipinski definition) is 4. The molecule has 1 N–H and O–H groups in total. The Morgan fingerprint density at radius 2 is 2.24 bits per heavy atom. The molecule has 90 valence electrons. The number of carbonyl (C=O) groups is 1. The van der Waals surface area contributed by atoms with Crippen LogP contribution in [0, 0.1) is 0 Å². The van der Waals surface area contributed by atoms with E-state index in [1.54, 1.807) is 6.20 Å². The standard InChI is InChI=1S/C11H14N4O2/c1-4-7-5-12-10-8(6(2)3)13-14-15(10)9(7)11(16)17/h5-6H,4H2,1-3H3,(H,16,17). The Morgan fingerprint density at radius 3 is 2.76 bits per heavy atom. The maximum Gasteiger partial charge on any atom is 0.355 e. The molecular formula is C11H14N4O2. The normalized spacial score (nSPS) is 11.3. The minimum Gasteiger partial charge on any atom is -0.476 e. The van der Waals surface area contributed by atoms with Crippen molar-refractivity contribution in [3.8, 4) is 0 Å². The van der Waals surface area contributed by atoms with Gasteiger partial charge in [0.2, 0.25) is 0 Å². The van der Waals surface area contributed by atoms with Crippen LogP contribution in [-0.2, 0) is 6.42 Å². The van der Waals surface area contributed by atoms with Crippen molar-refractivity contribution in [1.82, 2.24) is 19.8 Å². The average Bonchev–Trinajstić information content (AvgIpc) is 2.70. The molecule has 0 spiro atoms. The molecule has 0 unspecified atom stereocenters. The molecule has 0 saturated carbocycles. The van der Waals surface area contributed by atoms with E-state index in [4.69, 9.17) is 0 Å². The van der Waals surface area contributed by atoms with E-state index in [1.165, 1.54) is 4.52 Å². The number of aromatic nitrogens is 4. The van der Waals surface area contributed by atoms with Crippen molar-refractivity contribution in [2.75, 3.05) is 0 Å². The van der Waals surface area contributed by atoms with Gasteiger partial charge in [-0.1, -0.05) is 26.0 Å². The smallest absolute Gasteiger partial charge is 0.355 e. The van der Waals surface area contributed by atoms with E-state index < -0.39 is 5.97 Å². The Bertz CT molecular complexity index is 574. The fourth-order valence-electron chi connectivity index (χ4n) is 1.76. The summed E-state index contributed by atoms with van der Waals surface area (Å²) in [4.78, 5) is 15.5. The molecule has 2 aromatic rings. The quantitative estimate of drug-likeness (QED) is 0.870. The molecule has 0 aromatic carbocycles. The van der Waals surface area contributed by atoms with E-state index >= 15 is 0 Å². The van der Waals surface area contributed by atoms with Crippen LogP contribution in [0.5, 0.6) is 0 Å². The Morgan fingerprint density at radius 1 is 1.53 bits per heavy atom. The molecule has 0 amide bonds. The lowest BCUT2D eigenvalue weighted by molar-refractivity contribution is 0.0685. The van der Waals surface area contributed by atoms with Crippen LogP contribution in [0.1, 0.15) is 48.4 Å². The minimum absolute atomic E-state index is 0.150. The number of fused-ring (bicyclic) bond motifs is 1. The van der Waals surface area contributed by atoms with Gasteiger partial charge in [0.15, 0.2) is 11.3 Å². The molecule has 0 radical (unpaired) electrons. The third kappa shape index (κ3) is 1.75. The van der Waals surface area contributed by atoms with Gasteiger partial charge in [-0.25, -0.2) is 9.78 Å². The van der Waals surface area contributed by atoms with Crippen LogP contribution in [-0.4, -0.2) is 30.9 Å². The number of aromatic carboxylic acids is 1. The molecule has 0 aliphatic heterocycles. The Labute approximate surface area is 98.3 Å². The van der Waals surface area contributed by atoms with E-state index in [9.17, 15) is 9.90 Å². The van der Waals surface area contributed by atoms with Crippen molar-refractivity contribution in [2.45, 2.75) is 33.1 Å². The summed E-state index contributed by atoms with van der Waals surface area (Å²) in [5.41, 5.74) is 2.05. The number of carboxylic acid groups (broad SMARTS) is 1. The molecule has 0 bridgehead atoms. The maximum atomic E-state index is 11.3. The molecule has 0 aliphatic carbocycles. The second kappa shape index (κ2) is 4.12. The number of rotatable bonds is 3. The van der Waals surface area contributed by atoms with E-state index in [0.29, 0.717) is 17.6 Å². The summed E-state index contributed by atoms with van der Waals surface area (Å²) in [6.45, 7) is 5.83. The number of aryl methyl sites for hydroxylation is 1. The van der Waals surface area contributed by atoms with Gasteiger partial charge in [-0.15, -0.1) is 5.10 Å². The van der Waals surface area contributed by atoms with Gasteiger partial charge in [0, 0.05) is 17.7 Å². The lowest BCUT2D eigenvalue weighted by atomic mass is 10.1. The van der Waals surface area contributed by atoms with Gasteiger partial charge in [0.25, 0.3) is 0 Å². The van der Waals surface area contributed by atoms with Gasteiger partial charge >= 0.3 is 5.97 Å². The largest absolute Gasteiger partial charge is 0.476 e. The Balaban J connectivity index is 2.79. The highest BCUT2D eigenvalue weighted by Crippen LogP contribution is 2.18. The maximum absolute atomic E-state index is 11.3. The van der Waals surface area contributed by atoms with Crippen LogP contribution in [0.25, 0.3) is 5.65 Å². The first-order valence-corrected chi connectivity index (χ1v) is 5.52. The van der Waals surface area contributed by atoms with Crippen molar-refractivity contribution in [1.29, 1.82) is 0 Å². The summed E-state index contributed by atoms with van der Waals surface area (Å²) in [7, 11) is 0. The first-order chi connectivity index (χ1) is 8.06. The molecule has 17 heavy (non-hydrogen) atoms. The monoisotopic (exact) mass is 234 g/mol. The van der Waals surface area contributed by atoms with Gasteiger partial charge in [-0.3, -0.25) is 0 Å². The minimum atomic E-state index is -1.01. The zero-order valence-electron chi connectivity index (χ0n) is 10.0. The molecular weight excluding hydrogens is 220 g/mol. The first kappa shape index (κ1) is 11.5. The van der Waals surface area contributed by atoms with Gasteiger partial charge in [0.05, 0.1) is 0 Å². The summed E-state index contributed by atoms with van der Waals surface area (Å²) >= 11 is 0. The van der Waals surface area contributed by atoms with Crippen LogP contribution in [0.15, 0.2) is 6.20 Å². The van der Waals surface area contributed by atoms with Crippen LogP contribution in [0.3, 0.4) is 0 Å². The lowest BCUT2D eigenvalue weighted by Gasteiger charge is -2.05. The fraction of sp³-hybridized carbons (Fsp3) is 0.455. The fourth-order valence-corrected chi connectivity index (χ4v) is 1.76. The Kier molecular flexibility index (Phi) is 2.79. The van der Waals surface area contributed by atoms with Gasteiger partial charge < -0.3 is 5.11 Å². The van der Waals surface area contributed by atoms with E-state index in [1.807, 2.05) is 20.8 Å². The van der Waals surface area contributed by atoms with Crippen molar-refractivity contribution in [3.05, 3.63) is 23.1 Å². The van der Waals surface area contributed by atoms with Gasteiger partial charge in [-0.2, -0.15) is 4.52 Å². The predicted molar refractivity (Wildman–Crippen MR) is 61.2 cm³/mol. The SMILES string of the molecule is CCc1cnc2c(C(C)C)nnn2c1C(=O)O. The van der Waals surface area contributed by atoms with Gasteiger partial charge in [0.1, 0.15) is 5.69 Å². The molecule has 2 rings (SSSR count). The summed E-state index contributed by atoms with van der Waals surface area (Å²) in [6, 6.07) is 0. The molecule has 2 aromatic heterocycles. The number of nitrogens with zero attached hydrogens (tertiary/aromatic N) is 4. The topological polar surface area (TPSA) is 80.4 Å². The van der Waals surface area contributed by atoms with Crippen molar-refractivity contribution in [3.63, 3.8) is 0 Å². The zero-order valence-corrected chi connectivity index (χ0v) is 10.0. The second-order valence-electron chi connectivity index (χ2n) is 4.16. The molecule has 2 heterocycles. The molecule has 0 aliphatic rings. The third-order valence-electron chi connectivity index (χ3n) is 2.66. The highest BCUT2D eigenvalue weighted by Gasteiger charge is 2.19. The van der Waals surface area contributed by atoms with E-state index in [-0.39, 0.29) is 11.6 Å². The molecule has 6 heteroatoms. The molecule has 0 saturated heterocycles. The summed E-state index contributed by atoms with van der Waals surface area (Å²) in [5.74, 6) is -0.844. The van der Waals surface area contributed by atoms with E-state index in [2.05, 4.69) is 15.3 Å². The molecule has 0 atom stereocenters. The summed E-state index contributed by atoms with van der Waals surface area (Å²) < 4.78 is 1.32. The Hall–Kier alpha value is -1.98. The zero-order chi connectivity index (χ0) is 12.6. The second-order valence-corrected chi connectivity index (χ2v) is 4.16. The lowest BCUT2D eigenvalue weighted by Crippen LogP contribution is -2.11. The number of hydrogen-bond donors (Lipinski definition) is 1. The molecule has 0 fully saturated rings. The first-order valence-electron chi connectivity index (χ1n) is 5.52.